The topological polar surface area (TPSA) is 20.3 Å². The number of ketones is 1. The highest BCUT2D eigenvalue weighted by Gasteiger charge is 2.25. The third kappa shape index (κ3) is 5.33. The average molecular weight is 388 g/mol. The van der Waals surface area contributed by atoms with Crippen LogP contribution >= 0.6 is 0 Å². The number of likely N-dealkylation sites (tertiary alicyclic amines) is 1. The minimum Gasteiger partial charge on any atom is -0.295 e. The van der Waals surface area contributed by atoms with Crippen LogP contribution in [0, 0.1) is 0 Å². The predicted octanol–water partition coefficient (Wildman–Crippen LogP) is 6.31. The monoisotopic (exact) mass is 387 g/mol. The van der Waals surface area contributed by atoms with Crippen molar-refractivity contribution >= 4 is 17.9 Å². The average Bonchev–Trinajstić information content (AvgIpc) is 2.71. The van der Waals surface area contributed by atoms with Gasteiger partial charge in [0, 0.05) is 24.2 Å². The molecule has 0 aromatic heterocycles. The highest BCUT2D eigenvalue weighted by atomic mass is 16.1. The quantitative estimate of drug-likeness (QED) is 0.561. The van der Waals surface area contributed by atoms with E-state index in [1.165, 1.54) is 11.1 Å². The second kappa shape index (κ2) is 9.37. The number of carbonyl (C=O) groups is 1. The zero-order valence-electron chi connectivity index (χ0n) is 18.4. The molecule has 0 unspecified atom stereocenters. The number of Topliss-reactive ketones (excluding diaryl/α,β-unsaturated/α-hetero) is 1. The highest BCUT2D eigenvalue weighted by Crippen LogP contribution is 2.24. The largest absolute Gasteiger partial charge is 0.295 e. The van der Waals surface area contributed by atoms with Crippen molar-refractivity contribution in [1.29, 1.82) is 0 Å². The highest BCUT2D eigenvalue weighted by molar-refractivity contribution is 6.14. The van der Waals surface area contributed by atoms with Gasteiger partial charge < -0.3 is 0 Å². The van der Waals surface area contributed by atoms with Crippen molar-refractivity contribution in [2.75, 3.05) is 19.6 Å². The van der Waals surface area contributed by atoms with E-state index in [0.717, 1.165) is 28.8 Å². The van der Waals surface area contributed by atoms with Crippen LogP contribution in [0.15, 0.2) is 59.7 Å². The van der Waals surface area contributed by atoms with Crippen LogP contribution in [0.3, 0.4) is 0 Å². The Bertz CT molecular complexity index is 825. The minimum absolute atomic E-state index is 0.176. The molecule has 0 atom stereocenters. The van der Waals surface area contributed by atoms with Crippen molar-refractivity contribution in [2.45, 2.75) is 46.5 Å². The summed E-state index contributed by atoms with van der Waals surface area (Å²) in [6, 6.07) is 17.1. The molecule has 0 saturated carbocycles. The van der Waals surface area contributed by atoms with Gasteiger partial charge in [-0.1, -0.05) is 83.1 Å². The van der Waals surface area contributed by atoms with Gasteiger partial charge in [-0.15, -0.1) is 0 Å². The van der Waals surface area contributed by atoms with E-state index in [0.29, 0.717) is 24.9 Å². The van der Waals surface area contributed by atoms with E-state index in [4.69, 9.17) is 0 Å². The van der Waals surface area contributed by atoms with Gasteiger partial charge in [0.05, 0.1) is 0 Å². The van der Waals surface area contributed by atoms with E-state index in [9.17, 15) is 4.79 Å². The van der Waals surface area contributed by atoms with E-state index in [-0.39, 0.29) is 5.78 Å². The Morgan fingerprint density at radius 2 is 1.14 bits per heavy atom. The molecule has 2 heteroatoms. The summed E-state index contributed by atoms with van der Waals surface area (Å²) in [5, 5.41) is 0. The molecule has 0 N–H and O–H groups in total. The molecule has 29 heavy (non-hydrogen) atoms. The van der Waals surface area contributed by atoms with Gasteiger partial charge in [-0.3, -0.25) is 9.69 Å². The Labute approximate surface area is 175 Å². The van der Waals surface area contributed by atoms with Gasteiger partial charge in [0.1, 0.15) is 0 Å². The standard InChI is InChI=1S/C27H33NO/c1-6-28-17-25(15-21-7-11-23(12-8-21)19(2)3)27(29)26(18-28)16-22-9-13-24(14-10-22)20(4)5/h7-16,19-20H,6,17-18H2,1-5H3/b25-15-,26-16+. The number of benzene rings is 2. The Kier molecular flexibility index (Phi) is 6.87. The lowest BCUT2D eigenvalue weighted by molar-refractivity contribution is -0.113. The number of nitrogens with zero attached hydrogens (tertiary/aromatic N) is 1. The van der Waals surface area contributed by atoms with E-state index < -0.39 is 0 Å². The number of likely N-dealkylation sites (N-methyl/N-ethyl adjacent to an activating group) is 1. The second-order valence-electron chi connectivity index (χ2n) is 8.61. The zero-order valence-corrected chi connectivity index (χ0v) is 18.4. The minimum atomic E-state index is 0.176. The lowest BCUT2D eigenvalue weighted by Crippen LogP contribution is -2.37. The first kappa shape index (κ1) is 21.3. The fourth-order valence-electron chi connectivity index (χ4n) is 3.69. The van der Waals surface area contributed by atoms with Gasteiger partial charge in [-0.05, 0) is 52.8 Å². The fourth-order valence-corrected chi connectivity index (χ4v) is 3.69. The van der Waals surface area contributed by atoms with Crippen molar-refractivity contribution in [3.05, 3.63) is 81.9 Å². The van der Waals surface area contributed by atoms with Crippen LogP contribution in [0.1, 0.15) is 68.7 Å². The summed E-state index contributed by atoms with van der Waals surface area (Å²) < 4.78 is 0. The van der Waals surface area contributed by atoms with Crippen LogP contribution in [-0.2, 0) is 4.79 Å². The van der Waals surface area contributed by atoms with Crippen LogP contribution in [0.2, 0.25) is 0 Å². The summed E-state index contributed by atoms with van der Waals surface area (Å²) in [4.78, 5) is 15.5. The molecule has 2 aromatic carbocycles. The molecule has 1 aliphatic rings. The van der Waals surface area contributed by atoms with Crippen molar-refractivity contribution in [3.8, 4) is 0 Å². The molecule has 1 heterocycles. The molecule has 0 bridgehead atoms. The van der Waals surface area contributed by atoms with Gasteiger partial charge in [0.15, 0.2) is 5.78 Å². The van der Waals surface area contributed by atoms with Crippen LogP contribution in [0.25, 0.3) is 12.2 Å². The SMILES string of the molecule is CCN1C/C(=C/c2ccc(C(C)C)cc2)C(=O)/C(=C/c2ccc(C(C)C)cc2)C1. The summed E-state index contributed by atoms with van der Waals surface area (Å²) in [5.74, 6) is 1.20. The molecule has 0 amide bonds. The molecular weight excluding hydrogens is 354 g/mol. The Morgan fingerprint density at radius 1 is 0.759 bits per heavy atom. The maximum atomic E-state index is 13.2. The van der Waals surface area contributed by atoms with Crippen LogP contribution in [0.5, 0.6) is 0 Å². The number of hydrogen-bond donors (Lipinski definition) is 0. The summed E-state index contributed by atoms with van der Waals surface area (Å²) in [5.41, 5.74) is 6.58. The van der Waals surface area contributed by atoms with Gasteiger partial charge in [-0.25, -0.2) is 0 Å². The van der Waals surface area contributed by atoms with Crippen LogP contribution in [0.4, 0.5) is 0 Å². The maximum absolute atomic E-state index is 13.2. The predicted molar refractivity (Wildman–Crippen MR) is 124 cm³/mol. The summed E-state index contributed by atoms with van der Waals surface area (Å²) in [6.07, 6.45) is 4.12. The molecule has 152 valence electrons. The number of hydrogen-bond acceptors (Lipinski definition) is 2. The van der Waals surface area contributed by atoms with Gasteiger partial charge in [-0.2, -0.15) is 0 Å². The van der Waals surface area contributed by atoms with Gasteiger partial charge in [0.2, 0.25) is 0 Å². The molecule has 3 rings (SSSR count). The number of carbonyl (C=O) groups excluding carboxylic acids is 1. The molecule has 2 aromatic rings. The lowest BCUT2D eigenvalue weighted by Gasteiger charge is -2.28. The van der Waals surface area contributed by atoms with E-state index >= 15 is 0 Å². The first-order chi connectivity index (χ1) is 13.9. The Hall–Kier alpha value is -2.45. The fraction of sp³-hybridized carbons (Fsp3) is 0.370. The second-order valence-corrected chi connectivity index (χ2v) is 8.61. The van der Waals surface area contributed by atoms with Crippen LogP contribution < -0.4 is 0 Å². The van der Waals surface area contributed by atoms with E-state index in [1.54, 1.807) is 0 Å². The molecular formula is C27H33NO. The normalized spacial score (nSPS) is 18.4. The summed E-state index contributed by atoms with van der Waals surface area (Å²) >= 11 is 0. The third-order valence-corrected chi connectivity index (χ3v) is 5.71. The van der Waals surface area contributed by atoms with Crippen molar-refractivity contribution in [3.63, 3.8) is 0 Å². The van der Waals surface area contributed by atoms with Crippen molar-refractivity contribution < 1.29 is 4.79 Å². The van der Waals surface area contributed by atoms with Gasteiger partial charge in [0.25, 0.3) is 0 Å². The van der Waals surface area contributed by atoms with Crippen LogP contribution in [-0.4, -0.2) is 30.3 Å². The number of rotatable bonds is 5. The molecule has 1 fully saturated rings. The first-order valence-electron chi connectivity index (χ1n) is 10.8. The maximum Gasteiger partial charge on any atom is 0.187 e. The van der Waals surface area contributed by atoms with E-state index in [2.05, 4.69) is 100 Å². The molecule has 1 aliphatic heterocycles. The number of piperidine rings is 1. The van der Waals surface area contributed by atoms with Crippen molar-refractivity contribution in [2.24, 2.45) is 0 Å². The summed E-state index contributed by atoms with van der Waals surface area (Å²) in [6.45, 7) is 13.3. The molecule has 0 radical (unpaired) electrons. The molecule has 2 nitrogen and oxygen atoms in total. The summed E-state index contributed by atoms with van der Waals surface area (Å²) in [7, 11) is 0. The smallest absolute Gasteiger partial charge is 0.187 e. The molecule has 0 spiro atoms. The lowest BCUT2D eigenvalue weighted by atomic mass is 9.93. The van der Waals surface area contributed by atoms with Crippen molar-refractivity contribution in [1.82, 2.24) is 4.90 Å². The third-order valence-electron chi connectivity index (χ3n) is 5.71. The van der Waals surface area contributed by atoms with Gasteiger partial charge >= 0.3 is 0 Å². The first-order valence-corrected chi connectivity index (χ1v) is 10.8. The Morgan fingerprint density at radius 3 is 1.45 bits per heavy atom. The Balaban J connectivity index is 1.88. The van der Waals surface area contributed by atoms with E-state index in [1.807, 2.05) is 0 Å². The zero-order chi connectivity index (χ0) is 21.0. The molecule has 1 saturated heterocycles. The molecule has 0 aliphatic carbocycles.